The average molecular weight is 383 g/mol. The average Bonchev–Trinajstić information content (AvgIpc) is 2.89. The van der Waals surface area contributed by atoms with E-state index in [-0.39, 0.29) is 35.3 Å². The number of amides is 2. The van der Waals surface area contributed by atoms with Crippen LogP contribution in [-0.4, -0.2) is 60.1 Å². The van der Waals surface area contributed by atoms with Crippen LogP contribution in [0.4, 0.5) is 4.79 Å². The maximum Gasteiger partial charge on any atom is 0.412 e. The Kier molecular flexibility index (Phi) is 5.70. The molecule has 3 atom stereocenters. The van der Waals surface area contributed by atoms with Crippen molar-refractivity contribution in [2.45, 2.75) is 65.8 Å². The van der Waals surface area contributed by atoms with E-state index >= 15 is 0 Å². The minimum atomic E-state index is -0.730. The summed E-state index contributed by atoms with van der Waals surface area (Å²) in [5.74, 6) is 0.133. The standard InChI is InChI=1S/C20H34N2O5/c1-18(2,3)27-17(24)22-14(12-26-20(22,6)7)16-13(19(16,4)5)10-11-15(23)21(8)25-9/h10-11,13-14,16H,12H2,1-9H3/b11-10+/t13-,14+,16-/m1/s1. The normalized spacial score (nSPS) is 29.1. The molecule has 27 heavy (non-hydrogen) atoms. The van der Waals surface area contributed by atoms with Gasteiger partial charge in [-0.25, -0.2) is 9.86 Å². The van der Waals surface area contributed by atoms with E-state index in [0.717, 1.165) is 0 Å². The number of hydroxylamine groups is 2. The predicted molar refractivity (Wildman–Crippen MR) is 102 cm³/mol. The Bertz CT molecular complexity index is 620. The minimum Gasteiger partial charge on any atom is -0.444 e. The highest BCUT2D eigenvalue weighted by Crippen LogP contribution is 2.63. The van der Waals surface area contributed by atoms with Crippen LogP contribution in [0.5, 0.6) is 0 Å². The van der Waals surface area contributed by atoms with Crippen LogP contribution in [0.25, 0.3) is 0 Å². The smallest absolute Gasteiger partial charge is 0.412 e. The van der Waals surface area contributed by atoms with Gasteiger partial charge in [-0.2, -0.15) is 0 Å². The lowest BCUT2D eigenvalue weighted by molar-refractivity contribution is -0.162. The van der Waals surface area contributed by atoms with E-state index in [2.05, 4.69) is 13.8 Å². The van der Waals surface area contributed by atoms with Gasteiger partial charge < -0.3 is 9.47 Å². The third-order valence-electron chi connectivity index (χ3n) is 5.55. The van der Waals surface area contributed by atoms with E-state index in [0.29, 0.717) is 6.61 Å². The molecular weight excluding hydrogens is 348 g/mol. The summed E-state index contributed by atoms with van der Waals surface area (Å²) < 4.78 is 11.6. The van der Waals surface area contributed by atoms with Gasteiger partial charge in [0.05, 0.1) is 19.8 Å². The van der Waals surface area contributed by atoms with Crippen LogP contribution in [-0.2, 0) is 19.1 Å². The van der Waals surface area contributed by atoms with Gasteiger partial charge in [0.1, 0.15) is 11.3 Å². The molecule has 2 fully saturated rings. The predicted octanol–water partition coefficient (Wildman–Crippen LogP) is 3.21. The molecule has 1 heterocycles. The molecule has 0 bridgehead atoms. The molecule has 2 amide bonds. The van der Waals surface area contributed by atoms with Gasteiger partial charge in [0.15, 0.2) is 0 Å². The maximum absolute atomic E-state index is 12.9. The summed E-state index contributed by atoms with van der Waals surface area (Å²) in [6, 6.07) is -0.102. The lowest BCUT2D eigenvalue weighted by Crippen LogP contribution is -2.51. The highest BCUT2D eigenvalue weighted by Gasteiger charge is 2.64. The van der Waals surface area contributed by atoms with Crippen molar-refractivity contribution in [2.75, 3.05) is 20.8 Å². The molecule has 0 N–H and O–H groups in total. The first-order chi connectivity index (χ1) is 12.2. The molecule has 0 aromatic rings. The number of carbonyl (C=O) groups excluding carboxylic acids is 2. The fourth-order valence-electron chi connectivity index (χ4n) is 3.97. The van der Waals surface area contributed by atoms with Gasteiger partial charge in [-0.05, 0) is 51.9 Å². The van der Waals surface area contributed by atoms with Crippen LogP contribution in [0.1, 0.15) is 48.5 Å². The Labute approximate surface area is 162 Å². The van der Waals surface area contributed by atoms with Gasteiger partial charge in [0.2, 0.25) is 0 Å². The van der Waals surface area contributed by atoms with Crippen LogP contribution in [0.3, 0.4) is 0 Å². The summed E-state index contributed by atoms with van der Waals surface area (Å²) >= 11 is 0. The molecule has 154 valence electrons. The number of ether oxygens (including phenoxy) is 2. The monoisotopic (exact) mass is 382 g/mol. The molecular formula is C20H34N2O5. The van der Waals surface area contributed by atoms with Crippen molar-refractivity contribution in [3.63, 3.8) is 0 Å². The zero-order chi connectivity index (χ0) is 20.8. The summed E-state index contributed by atoms with van der Waals surface area (Å²) in [5, 5.41) is 1.18. The van der Waals surface area contributed by atoms with Crippen molar-refractivity contribution in [3.05, 3.63) is 12.2 Å². The number of carbonyl (C=O) groups is 2. The van der Waals surface area contributed by atoms with Crippen molar-refractivity contribution in [3.8, 4) is 0 Å². The first-order valence-corrected chi connectivity index (χ1v) is 9.38. The van der Waals surface area contributed by atoms with Gasteiger partial charge in [-0.15, -0.1) is 0 Å². The van der Waals surface area contributed by atoms with Crippen LogP contribution < -0.4 is 0 Å². The van der Waals surface area contributed by atoms with E-state index in [9.17, 15) is 9.59 Å². The maximum atomic E-state index is 12.9. The lowest BCUT2D eigenvalue weighted by atomic mass is 10.0. The number of hydrogen-bond donors (Lipinski definition) is 0. The Morgan fingerprint density at radius 1 is 1.22 bits per heavy atom. The highest BCUT2D eigenvalue weighted by atomic mass is 16.7. The molecule has 0 unspecified atom stereocenters. The number of hydrogen-bond acceptors (Lipinski definition) is 5. The second-order valence-corrected chi connectivity index (χ2v) is 9.43. The van der Waals surface area contributed by atoms with Gasteiger partial charge in [-0.3, -0.25) is 14.5 Å². The molecule has 1 saturated heterocycles. The summed E-state index contributed by atoms with van der Waals surface area (Å²) in [4.78, 5) is 31.5. The van der Waals surface area contributed by atoms with Crippen LogP contribution in [0, 0.1) is 17.3 Å². The molecule has 2 rings (SSSR count). The third kappa shape index (κ3) is 4.46. The molecule has 2 aliphatic rings. The third-order valence-corrected chi connectivity index (χ3v) is 5.55. The van der Waals surface area contributed by atoms with Crippen LogP contribution in [0.15, 0.2) is 12.2 Å². The zero-order valence-electron chi connectivity index (χ0n) is 18.0. The highest BCUT2D eigenvalue weighted by molar-refractivity contribution is 5.86. The second kappa shape index (κ2) is 7.09. The summed E-state index contributed by atoms with van der Waals surface area (Å²) in [6.07, 6.45) is 3.09. The van der Waals surface area contributed by atoms with E-state index in [1.165, 1.54) is 18.2 Å². The number of likely N-dealkylation sites (N-methyl/N-ethyl adjacent to an activating group) is 1. The van der Waals surface area contributed by atoms with Gasteiger partial charge in [0, 0.05) is 13.1 Å². The number of nitrogens with zero attached hydrogens (tertiary/aromatic N) is 2. The quantitative estimate of drug-likeness (QED) is 0.552. The van der Waals surface area contributed by atoms with Crippen molar-refractivity contribution in [1.82, 2.24) is 9.96 Å². The fourth-order valence-corrected chi connectivity index (χ4v) is 3.97. The molecule has 0 aromatic heterocycles. The van der Waals surface area contributed by atoms with Crippen LogP contribution in [0.2, 0.25) is 0 Å². The summed E-state index contributed by atoms with van der Waals surface area (Å²) in [7, 11) is 3.02. The molecule has 7 heteroatoms. The van der Waals surface area contributed by atoms with Gasteiger partial charge in [0.25, 0.3) is 5.91 Å². The van der Waals surface area contributed by atoms with E-state index < -0.39 is 11.3 Å². The fraction of sp³-hybridized carbons (Fsp3) is 0.800. The Hall–Kier alpha value is -1.60. The molecule has 0 radical (unpaired) electrons. The summed E-state index contributed by atoms with van der Waals surface area (Å²) in [6.45, 7) is 14.1. The molecule has 0 spiro atoms. The van der Waals surface area contributed by atoms with Gasteiger partial charge >= 0.3 is 6.09 Å². The van der Waals surface area contributed by atoms with Crippen LogP contribution >= 0.6 is 0 Å². The number of rotatable bonds is 4. The van der Waals surface area contributed by atoms with Crippen molar-refractivity contribution >= 4 is 12.0 Å². The van der Waals surface area contributed by atoms with Crippen molar-refractivity contribution < 1.29 is 23.9 Å². The Morgan fingerprint density at radius 3 is 2.33 bits per heavy atom. The first kappa shape index (κ1) is 21.7. The molecule has 1 aliphatic heterocycles. The van der Waals surface area contributed by atoms with E-state index in [4.69, 9.17) is 14.3 Å². The van der Waals surface area contributed by atoms with E-state index in [1.807, 2.05) is 40.7 Å². The second-order valence-electron chi connectivity index (χ2n) is 9.43. The molecule has 1 saturated carbocycles. The zero-order valence-corrected chi connectivity index (χ0v) is 18.0. The molecule has 0 aromatic carbocycles. The van der Waals surface area contributed by atoms with E-state index in [1.54, 1.807) is 11.9 Å². The number of allylic oxidation sites excluding steroid dienone is 1. The minimum absolute atomic E-state index is 0.0445. The largest absolute Gasteiger partial charge is 0.444 e. The summed E-state index contributed by atoms with van der Waals surface area (Å²) in [5.41, 5.74) is -1.35. The van der Waals surface area contributed by atoms with Crippen molar-refractivity contribution in [2.24, 2.45) is 17.3 Å². The molecule has 7 nitrogen and oxygen atoms in total. The topological polar surface area (TPSA) is 68.3 Å². The Morgan fingerprint density at radius 2 is 1.81 bits per heavy atom. The SMILES string of the molecule is CON(C)C(=O)/C=C/[C@@H]1[C@H]([C@@H]2COC(C)(C)N2C(=O)OC(C)(C)C)C1(C)C. The van der Waals surface area contributed by atoms with Gasteiger partial charge in [-0.1, -0.05) is 19.9 Å². The first-order valence-electron chi connectivity index (χ1n) is 9.38. The Balaban J connectivity index is 2.19. The molecule has 1 aliphatic carbocycles. The van der Waals surface area contributed by atoms with Crippen molar-refractivity contribution in [1.29, 1.82) is 0 Å². The lowest BCUT2D eigenvalue weighted by Gasteiger charge is -2.35.